The zero-order valence-electron chi connectivity index (χ0n) is 4.83. The van der Waals surface area contributed by atoms with Gasteiger partial charge in [0.25, 0.3) is 0 Å². The van der Waals surface area contributed by atoms with Gasteiger partial charge < -0.3 is 5.11 Å². The molecule has 48 valence electrons. The number of rotatable bonds is 2. The van der Waals surface area contributed by atoms with Crippen molar-refractivity contribution in [2.45, 2.75) is 5.37 Å². The number of thiol groups is 1. The summed E-state index contributed by atoms with van der Waals surface area (Å²) < 4.78 is 0. The predicted molar refractivity (Wildman–Crippen MR) is 34.1 cm³/mol. The fraction of sp³-hybridized carbons (Fsp3) is 0.750. The van der Waals surface area contributed by atoms with Crippen molar-refractivity contribution in [2.24, 2.45) is 0 Å². The average Bonchev–Trinajstić information content (AvgIpc) is 1.64. The van der Waals surface area contributed by atoms with Gasteiger partial charge in [-0.05, 0) is 14.1 Å². The van der Waals surface area contributed by atoms with Crippen molar-refractivity contribution in [3.63, 3.8) is 0 Å². The first kappa shape index (κ1) is 7.78. The van der Waals surface area contributed by atoms with Crippen LogP contribution in [0.3, 0.4) is 0 Å². The zero-order chi connectivity index (χ0) is 6.73. The van der Waals surface area contributed by atoms with Crippen molar-refractivity contribution in [3.05, 3.63) is 0 Å². The number of hydrogen-bond acceptors (Lipinski definition) is 3. The topological polar surface area (TPSA) is 40.5 Å². The molecular weight excluding hydrogens is 126 g/mol. The lowest BCUT2D eigenvalue weighted by Gasteiger charge is -2.12. The maximum absolute atomic E-state index is 10.0. The van der Waals surface area contributed by atoms with Gasteiger partial charge in [0, 0.05) is 0 Å². The minimum Gasteiger partial charge on any atom is -0.479 e. The van der Waals surface area contributed by atoms with E-state index in [2.05, 4.69) is 12.6 Å². The Labute approximate surface area is 53.7 Å². The van der Waals surface area contributed by atoms with Crippen LogP contribution in [0.25, 0.3) is 0 Å². The molecule has 0 bridgehead atoms. The molecule has 0 rings (SSSR count). The molecule has 1 atom stereocenters. The van der Waals surface area contributed by atoms with E-state index in [4.69, 9.17) is 5.11 Å². The second kappa shape index (κ2) is 2.94. The monoisotopic (exact) mass is 135 g/mol. The molecule has 0 aromatic heterocycles. The Balaban J connectivity index is 3.64. The van der Waals surface area contributed by atoms with Gasteiger partial charge in [-0.2, -0.15) is 0 Å². The van der Waals surface area contributed by atoms with Crippen molar-refractivity contribution in [3.8, 4) is 0 Å². The molecule has 1 unspecified atom stereocenters. The minimum absolute atomic E-state index is 0.685. The molecule has 3 nitrogen and oxygen atoms in total. The summed E-state index contributed by atoms with van der Waals surface area (Å²) in [5, 5.41) is 7.55. The first-order chi connectivity index (χ1) is 3.55. The fourth-order valence-corrected chi connectivity index (χ4v) is 0.221. The molecule has 0 aromatic rings. The highest BCUT2D eigenvalue weighted by Gasteiger charge is 2.12. The van der Waals surface area contributed by atoms with Crippen molar-refractivity contribution in [2.75, 3.05) is 14.1 Å². The van der Waals surface area contributed by atoms with E-state index in [1.54, 1.807) is 14.1 Å². The SMILES string of the molecule is CN(C)C(S)C(=O)O. The van der Waals surface area contributed by atoms with Gasteiger partial charge in [-0.15, -0.1) is 12.6 Å². The second-order valence-corrected chi connectivity index (χ2v) is 2.16. The van der Waals surface area contributed by atoms with E-state index in [-0.39, 0.29) is 0 Å². The molecule has 8 heavy (non-hydrogen) atoms. The van der Waals surface area contributed by atoms with E-state index in [0.717, 1.165) is 0 Å². The van der Waals surface area contributed by atoms with Crippen molar-refractivity contribution < 1.29 is 9.90 Å². The lowest BCUT2D eigenvalue weighted by atomic mass is 10.6. The summed E-state index contributed by atoms with van der Waals surface area (Å²) >= 11 is 3.75. The van der Waals surface area contributed by atoms with Crippen LogP contribution in [0.2, 0.25) is 0 Å². The lowest BCUT2D eigenvalue weighted by Crippen LogP contribution is -2.30. The first-order valence-corrected chi connectivity index (χ1v) is 2.64. The van der Waals surface area contributed by atoms with Gasteiger partial charge in [-0.1, -0.05) is 0 Å². The molecule has 0 aromatic carbocycles. The van der Waals surface area contributed by atoms with Crippen LogP contribution in [0.5, 0.6) is 0 Å². The summed E-state index contributed by atoms with van der Waals surface area (Å²) in [4.78, 5) is 11.5. The largest absolute Gasteiger partial charge is 0.479 e. The highest BCUT2D eigenvalue weighted by atomic mass is 32.1. The van der Waals surface area contributed by atoms with Gasteiger partial charge in [0.05, 0.1) is 0 Å². The third kappa shape index (κ3) is 2.18. The fourth-order valence-electron chi connectivity index (χ4n) is 0.221. The molecule has 0 aliphatic carbocycles. The average molecular weight is 135 g/mol. The van der Waals surface area contributed by atoms with Crippen LogP contribution in [0, 0.1) is 0 Å². The van der Waals surface area contributed by atoms with Crippen LogP contribution in [0.15, 0.2) is 0 Å². The van der Waals surface area contributed by atoms with Crippen LogP contribution < -0.4 is 0 Å². The highest BCUT2D eigenvalue weighted by Crippen LogP contribution is 1.96. The van der Waals surface area contributed by atoms with Gasteiger partial charge in [-0.25, -0.2) is 4.79 Å². The molecule has 0 heterocycles. The van der Waals surface area contributed by atoms with Gasteiger partial charge in [0.15, 0.2) is 5.37 Å². The molecule has 0 fully saturated rings. The van der Waals surface area contributed by atoms with Crippen LogP contribution >= 0.6 is 12.6 Å². The minimum atomic E-state index is -0.918. The molecule has 0 saturated heterocycles. The molecule has 0 amide bonds. The number of carboxylic acid groups (broad SMARTS) is 1. The summed E-state index contributed by atoms with van der Waals surface area (Å²) in [5.74, 6) is -0.918. The summed E-state index contributed by atoms with van der Waals surface area (Å²) in [6.45, 7) is 0. The molecule has 4 heteroatoms. The lowest BCUT2D eigenvalue weighted by molar-refractivity contribution is -0.138. The molecular formula is C4H9NO2S. The smallest absolute Gasteiger partial charge is 0.331 e. The Morgan fingerprint density at radius 1 is 1.75 bits per heavy atom. The number of aliphatic carboxylic acids is 1. The third-order valence-corrected chi connectivity index (χ3v) is 1.39. The summed E-state index contributed by atoms with van der Waals surface area (Å²) in [6, 6.07) is 0. The van der Waals surface area contributed by atoms with Gasteiger partial charge in [-0.3, -0.25) is 4.90 Å². The van der Waals surface area contributed by atoms with Crippen LogP contribution in [0.4, 0.5) is 0 Å². The number of likely N-dealkylation sites (N-methyl/N-ethyl adjacent to an activating group) is 1. The quantitative estimate of drug-likeness (QED) is 0.410. The molecule has 0 aliphatic heterocycles. The Kier molecular flexibility index (Phi) is 2.86. The predicted octanol–water partition coefficient (Wildman–Crippen LogP) is -0.112. The molecule has 0 saturated carbocycles. The van der Waals surface area contributed by atoms with Crippen LogP contribution in [-0.2, 0) is 4.79 Å². The van der Waals surface area contributed by atoms with E-state index in [9.17, 15) is 4.79 Å². The second-order valence-electron chi connectivity index (χ2n) is 1.68. The summed E-state index contributed by atoms with van der Waals surface area (Å²) in [5.41, 5.74) is 0. The highest BCUT2D eigenvalue weighted by molar-refractivity contribution is 7.81. The van der Waals surface area contributed by atoms with Gasteiger partial charge in [0.2, 0.25) is 0 Å². The zero-order valence-corrected chi connectivity index (χ0v) is 5.72. The van der Waals surface area contributed by atoms with Crippen LogP contribution in [0.1, 0.15) is 0 Å². The standard InChI is InChI=1S/C4H9NO2S/c1-5(2)3(8)4(6)7/h3,8H,1-2H3,(H,6,7). The van der Waals surface area contributed by atoms with E-state index in [0.29, 0.717) is 0 Å². The number of carbonyl (C=O) groups is 1. The molecule has 0 aliphatic rings. The first-order valence-electron chi connectivity index (χ1n) is 2.13. The van der Waals surface area contributed by atoms with Crippen molar-refractivity contribution >= 4 is 18.6 Å². The Morgan fingerprint density at radius 3 is 2.12 bits per heavy atom. The maximum atomic E-state index is 10.0. The van der Waals surface area contributed by atoms with E-state index in [1.807, 2.05) is 0 Å². The summed E-state index contributed by atoms with van der Waals surface area (Å²) in [6.07, 6.45) is 0. The van der Waals surface area contributed by atoms with E-state index < -0.39 is 11.3 Å². The maximum Gasteiger partial charge on any atom is 0.331 e. The molecule has 0 radical (unpaired) electrons. The Morgan fingerprint density at radius 2 is 2.12 bits per heavy atom. The van der Waals surface area contributed by atoms with Gasteiger partial charge in [0.1, 0.15) is 0 Å². The number of nitrogens with zero attached hydrogens (tertiary/aromatic N) is 1. The van der Waals surface area contributed by atoms with Crippen molar-refractivity contribution in [1.29, 1.82) is 0 Å². The van der Waals surface area contributed by atoms with E-state index >= 15 is 0 Å². The summed E-state index contributed by atoms with van der Waals surface area (Å²) in [7, 11) is 3.32. The van der Waals surface area contributed by atoms with E-state index in [1.165, 1.54) is 4.90 Å². The van der Waals surface area contributed by atoms with Gasteiger partial charge >= 0.3 is 5.97 Å². The third-order valence-electron chi connectivity index (χ3n) is 0.710. The molecule has 0 spiro atoms. The Bertz CT molecular complexity index is 94.0. The number of hydrogen-bond donors (Lipinski definition) is 2. The van der Waals surface area contributed by atoms with Crippen LogP contribution in [-0.4, -0.2) is 35.4 Å². The number of carboxylic acids is 1. The Hall–Kier alpha value is -0.220. The van der Waals surface area contributed by atoms with Crippen molar-refractivity contribution in [1.82, 2.24) is 4.90 Å². The normalized spacial score (nSPS) is 14.0. The molecule has 1 N–H and O–H groups in total.